The molecule has 0 fully saturated rings. The highest BCUT2D eigenvalue weighted by atomic mass is 16.6. The first-order valence-electron chi connectivity index (χ1n) is 5.77. The van der Waals surface area contributed by atoms with Crippen molar-refractivity contribution in [2.75, 3.05) is 6.54 Å². The zero-order valence-electron chi connectivity index (χ0n) is 10.7. The SMILES string of the molecule is Cc1ccc([N+](=O)[O-])c(C(=O)NCCC(O)C(=O)O)c1. The summed E-state index contributed by atoms with van der Waals surface area (Å²) in [5.74, 6) is -2.07. The van der Waals surface area contributed by atoms with Gasteiger partial charge < -0.3 is 15.5 Å². The molecule has 0 radical (unpaired) electrons. The standard InChI is InChI=1S/C12H14N2O6/c1-7-2-3-9(14(19)20)8(6-7)11(16)13-5-4-10(15)12(17)18/h2-3,6,10,15H,4-5H2,1H3,(H,13,16)(H,17,18). The molecule has 1 aromatic carbocycles. The number of aliphatic hydroxyl groups is 1. The van der Waals surface area contributed by atoms with E-state index >= 15 is 0 Å². The number of rotatable bonds is 6. The molecule has 1 atom stereocenters. The molecule has 1 aromatic rings. The number of nitrogens with one attached hydrogen (secondary N) is 1. The summed E-state index contributed by atoms with van der Waals surface area (Å²) >= 11 is 0. The average molecular weight is 282 g/mol. The summed E-state index contributed by atoms with van der Waals surface area (Å²) in [6, 6.07) is 4.13. The molecule has 0 bridgehead atoms. The van der Waals surface area contributed by atoms with Gasteiger partial charge in [0.2, 0.25) is 0 Å². The summed E-state index contributed by atoms with van der Waals surface area (Å²) in [6.45, 7) is 1.59. The fraction of sp³-hybridized carbons (Fsp3) is 0.333. The van der Waals surface area contributed by atoms with E-state index in [4.69, 9.17) is 10.2 Å². The number of carbonyl (C=O) groups is 2. The molecule has 0 heterocycles. The fourth-order valence-electron chi connectivity index (χ4n) is 1.53. The second-order valence-electron chi connectivity index (χ2n) is 4.18. The third-order valence-electron chi connectivity index (χ3n) is 2.58. The van der Waals surface area contributed by atoms with E-state index in [-0.39, 0.29) is 24.2 Å². The Balaban J connectivity index is 2.75. The number of aliphatic hydroxyl groups excluding tert-OH is 1. The normalized spacial score (nSPS) is 11.7. The van der Waals surface area contributed by atoms with Crippen molar-refractivity contribution in [1.29, 1.82) is 0 Å². The van der Waals surface area contributed by atoms with Gasteiger partial charge in [-0.3, -0.25) is 14.9 Å². The molecule has 8 nitrogen and oxygen atoms in total. The summed E-state index contributed by atoms with van der Waals surface area (Å²) in [4.78, 5) is 32.4. The number of hydrogen-bond acceptors (Lipinski definition) is 5. The van der Waals surface area contributed by atoms with Gasteiger partial charge in [0, 0.05) is 19.0 Å². The van der Waals surface area contributed by atoms with Crippen LogP contribution in [-0.2, 0) is 4.79 Å². The van der Waals surface area contributed by atoms with Gasteiger partial charge in [0.1, 0.15) is 5.56 Å². The first-order chi connectivity index (χ1) is 9.32. The Bertz CT molecular complexity index is 543. The van der Waals surface area contributed by atoms with Gasteiger partial charge in [-0.15, -0.1) is 0 Å². The van der Waals surface area contributed by atoms with Crippen LogP contribution in [0.1, 0.15) is 22.3 Å². The lowest BCUT2D eigenvalue weighted by atomic mass is 10.1. The summed E-state index contributed by atoms with van der Waals surface area (Å²) < 4.78 is 0. The molecule has 0 aliphatic carbocycles. The van der Waals surface area contributed by atoms with E-state index in [1.807, 2.05) is 0 Å². The first-order valence-corrected chi connectivity index (χ1v) is 5.77. The molecule has 1 amide bonds. The van der Waals surface area contributed by atoms with Gasteiger partial charge in [-0.25, -0.2) is 4.79 Å². The van der Waals surface area contributed by atoms with Crippen molar-refractivity contribution in [2.24, 2.45) is 0 Å². The van der Waals surface area contributed by atoms with E-state index in [0.29, 0.717) is 5.56 Å². The molecule has 8 heteroatoms. The van der Waals surface area contributed by atoms with Crippen LogP contribution in [0, 0.1) is 17.0 Å². The van der Waals surface area contributed by atoms with Gasteiger partial charge in [0.05, 0.1) is 4.92 Å². The molecule has 0 aromatic heterocycles. The molecule has 20 heavy (non-hydrogen) atoms. The first kappa shape index (κ1) is 15.6. The van der Waals surface area contributed by atoms with Crippen molar-refractivity contribution in [3.63, 3.8) is 0 Å². The third-order valence-corrected chi connectivity index (χ3v) is 2.58. The Morgan fingerprint density at radius 1 is 1.45 bits per heavy atom. The molecule has 0 saturated carbocycles. The largest absolute Gasteiger partial charge is 0.479 e. The predicted octanol–water partition coefficient (Wildman–Crippen LogP) is 0.469. The monoisotopic (exact) mass is 282 g/mol. The van der Waals surface area contributed by atoms with Crippen LogP contribution in [0.15, 0.2) is 18.2 Å². The van der Waals surface area contributed by atoms with E-state index in [0.717, 1.165) is 0 Å². The Morgan fingerprint density at radius 2 is 2.10 bits per heavy atom. The Labute approximate surface area is 114 Å². The van der Waals surface area contributed by atoms with Crippen LogP contribution < -0.4 is 5.32 Å². The second kappa shape index (κ2) is 6.62. The zero-order chi connectivity index (χ0) is 15.3. The molecular formula is C12H14N2O6. The molecule has 0 aliphatic rings. The number of nitro benzene ring substituents is 1. The molecule has 108 valence electrons. The predicted molar refractivity (Wildman–Crippen MR) is 68.4 cm³/mol. The minimum atomic E-state index is -1.58. The second-order valence-corrected chi connectivity index (χ2v) is 4.18. The van der Waals surface area contributed by atoms with Crippen LogP contribution in [0.3, 0.4) is 0 Å². The van der Waals surface area contributed by atoms with Crippen LogP contribution in [0.2, 0.25) is 0 Å². The Kier molecular flexibility index (Phi) is 5.15. The van der Waals surface area contributed by atoms with Gasteiger partial charge >= 0.3 is 5.97 Å². The van der Waals surface area contributed by atoms with Crippen molar-refractivity contribution in [3.05, 3.63) is 39.4 Å². The number of nitro groups is 1. The number of aryl methyl sites for hydroxylation is 1. The molecule has 0 saturated heterocycles. The van der Waals surface area contributed by atoms with Crippen LogP contribution in [0.25, 0.3) is 0 Å². The third kappa shape index (κ3) is 4.02. The number of aliphatic carboxylic acids is 1. The summed E-state index contributed by atoms with van der Waals surface area (Å²) in [5, 5.41) is 30.7. The maximum atomic E-state index is 11.8. The van der Waals surface area contributed by atoms with Gasteiger partial charge in [0.15, 0.2) is 6.10 Å². The lowest BCUT2D eigenvalue weighted by molar-refractivity contribution is -0.385. The van der Waals surface area contributed by atoms with E-state index in [1.54, 1.807) is 6.92 Å². The van der Waals surface area contributed by atoms with Crippen molar-refractivity contribution in [1.82, 2.24) is 5.32 Å². The van der Waals surface area contributed by atoms with Crippen LogP contribution in [0.5, 0.6) is 0 Å². The summed E-state index contributed by atoms with van der Waals surface area (Å²) in [7, 11) is 0. The molecule has 1 rings (SSSR count). The van der Waals surface area contributed by atoms with Crippen molar-refractivity contribution in [3.8, 4) is 0 Å². The maximum absolute atomic E-state index is 11.8. The fourth-order valence-corrected chi connectivity index (χ4v) is 1.53. The van der Waals surface area contributed by atoms with E-state index in [2.05, 4.69) is 5.32 Å². The number of carbonyl (C=O) groups excluding carboxylic acids is 1. The number of amides is 1. The Hall–Kier alpha value is -2.48. The van der Waals surface area contributed by atoms with E-state index in [9.17, 15) is 19.7 Å². The molecule has 0 spiro atoms. The topological polar surface area (TPSA) is 130 Å². The minimum Gasteiger partial charge on any atom is -0.479 e. The number of benzene rings is 1. The van der Waals surface area contributed by atoms with E-state index in [1.165, 1.54) is 18.2 Å². The highest BCUT2D eigenvalue weighted by Gasteiger charge is 2.20. The zero-order valence-corrected chi connectivity index (χ0v) is 10.7. The Morgan fingerprint density at radius 3 is 2.65 bits per heavy atom. The number of nitrogens with zero attached hydrogens (tertiary/aromatic N) is 1. The lowest BCUT2D eigenvalue weighted by Gasteiger charge is -2.08. The lowest BCUT2D eigenvalue weighted by Crippen LogP contribution is -2.30. The van der Waals surface area contributed by atoms with Gasteiger partial charge in [-0.1, -0.05) is 6.07 Å². The molecule has 3 N–H and O–H groups in total. The van der Waals surface area contributed by atoms with Crippen LogP contribution >= 0.6 is 0 Å². The molecule has 1 unspecified atom stereocenters. The van der Waals surface area contributed by atoms with E-state index < -0.39 is 22.9 Å². The smallest absolute Gasteiger partial charge is 0.332 e. The van der Waals surface area contributed by atoms with Crippen molar-refractivity contribution < 1.29 is 24.7 Å². The highest BCUT2D eigenvalue weighted by Crippen LogP contribution is 2.19. The van der Waals surface area contributed by atoms with Gasteiger partial charge in [-0.2, -0.15) is 0 Å². The molecule has 0 aliphatic heterocycles. The van der Waals surface area contributed by atoms with Gasteiger partial charge in [0.25, 0.3) is 11.6 Å². The minimum absolute atomic E-state index is 0.0974. The number of carboxylic acid groups (broad SMARTS) is 1. The van der Waals surface area contributed by atoms with Crippen LogP contribution in [-0.4, -0.2) is 39.7 Å². The summed E-state index contributed by atoms with van der Waals surface area (Å²) in [6.07, 6.45) is -1.76. The van der Waals surface area contributed by atoms with Crippen molar-refractivity contribution in [2.45, 2.75) is 19.4 Å². The van der Waals surface area contributed by atoms with Gasteiger partial charge in [-0.05, 0) is 18.6 Å². The molecular weight excluding hydrogens is 268 g/mol. The number of hydrogen-bond donors (Lipinski definition) is 3. The van der Waals surface area contributed by atoms with Crippen LogP contribution in [0.4, 0.5) is 5.69 Å². The quantitative estimate of drug-likeness (QED) is 0.513. The highest BCUT2D eigenvalue weighted by molar-refractivity contribution is 5.98. The summed E-state index contributed by atoms with van der Waals surface area (Å²) in [5.41, 5.74) is 0.262. The number of carboxylic acids is 1. The average Bonchev–Trinajstić information content (AvgIpc) is 2.37. The maximum Gasteiger partial charge on any atom is 0.332 e. The van der Waals surface area contributed by atoms with Crippen molar-refractivity contribution >= 4 is 17.6 Å².